The van der Waals surface area contributed by atoms with Gasteiger partial charge in [0.2, 0.25) is 0 Å². The van der Waals surface area contributed by atoms with E-state index in [1.807, 2.05) is 37.4 Å². The summed E-state index contributed by atoms with van der Waals surface area (Å²) >= 11 is 0. The molecule has 0 bridgehead atoms. The second kappa shape index (κ2) is 7.35. The summed E-state index contributed by atoms with van der Waals surface area (Å²) in [6, 6.07) is 12.1. The van der Waals surface area contributed by atoms with Crippen molar-refractivity contribution < 1.29 is 5.11 Å². The highest BCUT2D eigenvalue weighted by Crippen LogP contribution is 2.25. The second-order valence-electron chi connectivity index (χ2n) is 6.88. The Kier molecular flexibility index (Phi) is 4.77. The zero-order valence-corrected chi connectivity index (χ0v) is 14.8. The molecule has 134 valence electrons. The molecule has 6 heteroatoms. The van der Waals surface area contributed by atoms with Crippen molar-refractivity contribution in [1.82, 2.24) is 20.1 Å². The van der Waals surface area contributed by atoms with E-state index in [0.717, 1.165) is 41.8 Å². The maximum absolute atomic E-state index is 10.6. The van der Waals surface area contributed by atoms with Crippen LogP contribution in [-0.4, -0.2) is 50.4 Å². The van der Waals surface area contributed by atoms with Gasteiger partial charge in [-0.05, 0) is 25.0 Å². The minimum Gasteiger partial charge on any atom is -0.390 e. The number of pyridine rings is 1. The van der Waals surface area contributed by atoms with Crippen molar-refractivity contribution in [2.45, 2.75) is 32.0 Å². The van der Waals surface area contributed by atoms with Gasteiger partial charge in [-0.15, -0.1) is 5.10 Å². The Bertz CT molecular complexity index is 886. The molecule has 1 aliphatic heterocycles. The van der Waals surface area contributed by atoms with E-state index >= 15 is 0 Å². The van der Waals surface area contributed by atoms with Gasteiger partial charge in [-0.25, -0.2) is 0 Å². The Morgan fingerprint density at radius 3 is 2.77 bits per heavy atom. The van der Waals surface area contributed by atoms with Crippen LogP contribution >= 0.6 is 0 Å². The number of aliphatic hydroxyl groups excluding tert-OH is 1. The first-order chi connectivity index (χ1) is 12.7. The quantitative estimate of drug-likeness (QED) is 0.753. The van der Waals surface area contributed by atoms with Crippen molar-refractivity contribution >= 4 is 16.6 Å². The molecule has 2 aromatic heterocycles. The molecule has 1 aliphatic rings. The molecule has 1 fully saturated rings. The molecule has 1 aromatic carbocycles. The molecular weight excluding hydrogens is 326 g/mol. The molecule has 1 saturated heterocycles. The summed E-state index contributed by atoms with van der Waals surface area (Å²) < 4.78 is 0. The number of nitrogens with zero attached hydrogens (tertiary/aromatic N) is 4. The molecule has 0 radical (unpaired) electrons. The molecule has 0 aliphatic carbocycles. The minimum atomic E-state index is -0.456. The van der Waals surface area contributed by atoms with Crippen LogP contribution in [0.3, 0.4) is 0 Å². The monoisotopic (exact) mass is 349 g/mol. The van der Waals surface area contributed by atoms with E-state index in [0.29, 0.717) is 6.54 Å². The van der Waals surface area contributed by atoms with Gasteiger partial charge in [0.25, 0.3) is 0 Å². The lowest BCUT2D eigenvalue weighted by atomic mass is 10.0. The molecule has 3 heterocycles. The second-order valence-corrected chi connectivity index (χ2v) is 6.88. The summed E-state index contributed by atoms with van der Waals surface area (Å²) in [4.78, 5) is 6.42. The van der Waals surface area contributed by atoms with Gasteiger partial charge in [0.15, 0.2) is 5.82 Å². The lowest BCUT2D eigenvalue weighted by Crippen LogP contribution is -2.49. The van der Waals surface area contributed by atoms with Crippen molar-refractivity contribution in [2.75, 3.05) is 18.4 Å². The third-order valence-electron chi connectivity index (χ3n) is 4.99. The van der Waals surface area contributed by atoms with Crippen LogP contribution in [0.15, 0.2) is 48.8 Å². The smallest absolute Gasteiger partial charge is 0.156 e. The molecular formula is C20H23N5O. The molecule has 2 atom stereocenters. The first-order valence-electron chi connectivity index (χ1n) is 8.98. The molecule has 3 aromatic rings. The van der Waals surface area contributed by atoms with Crippen LogP contribution in [0, 0.1) is 6.92 Å². The van der Waals surface area contributed by atoms with Gasteiger partial charge in [0.05, 0.1) is 17.8 Å². The number of aromatic nitrogens is 3. The van der Waals surface area contributed by atoms with Crippen LogP contribution in [0.2, 0.25) is 0 Å². The number of hydrogen-bond acceptors (Lipinski definition) is 6. The van der Waals surface area contributed by atoms with Crippen LogP contribution in [0.1, 0.15) is 17.7 Å². The number of hydrogen-bond donors (Lipinski definition) is 2. The first kappa shape index (κ1) is 16.9. The average Bonchev–Trinajstić information content (AvgIpc) is 2.67. The molecule has 0 saturated carbocycles. The highest BCUT2D eigenvalue weighted by molar-refractivity contribution is 5.92. The Labute approximate surface area is 152 Å². The molecule has 26 heavy (non-hydrogen) atoms. The fourth-order valence-corrected chi connectivity index (χ4v) is 3.58. The molecule has 0 amide bonds. The summed E-state index contributed by atoms with van der Waals surface area (Å²) in [5.41, 5.74) is 2.08. The Morgan fingerprint density at radius 2 is 2.00 bits per heavy atom. The Morgan fingerprint density at radius 1 is 1.15 bits per heavy atom. The number of fused-ring (bicyclic) bond motifs is 1. The average molecular weight is 349 g/mol. The number of aryl methyl sites for hydroxylation is 1. The van der Waals surface area contributed by atoms with Crippen LogP contribution in [0.4, 0.5) is 5.82 Å². The molecule has 0 spiro atoms. The molecule has 6 nitrogen and oxygen atoms in total. The lowest BCUT2D eigenvalue weighted by molar-refractivity contribution is 0.0560. The predicted octanol–water partition coefficient (Wildman–Crippen LogP) is 2.38. The van der Waals surface area contributed by atoms with Gasteiger partial charge >= 0.3 is 0 Å². The third kappa shape index (κ3) is 3.52. The van der Waals surface area contributed by atoms with Crippen molar-refractivity contribution in [1.29, 1.82) is 0 Å². The van der Waals surface area contributed by atoms with E-state index in [1.165, 1.54) is 5.56 Å². The number of β-amino-alcohol motifs (C(OH)–C–C–N with tert-alkyl or cyclic N) is 1. The zero-order chi connectivity index (χ0) is 17.9. The van der Waals surface area contributed by atoms with Crippen LogP contribution in [-0.2, 0) is 6.54 Å². The zero-order valence-electron chi connectivity index (χ0n) is 14.8. The normalized spacial score (nSPS) is 21.0. The third-order valence-corrected chi connectivity index (χ3v) is 4.99. The van der Waals surface area contributed by atoms with Gasteiger partial charge in [-0.1, -0.05) is 30.3 Å². The van der Waals surface area contributed by atoms with E-state index in [9.17, 15) is 5.11 Å². The molecule has 2 N–H and O–H groups in total. The maximum atomic E-state index is 10.6. The SMILES string of the molecule is Cc1nnc(N[C@@H]2CCN(Cc3cccnc3)C[C@H]2O)c2ccccc12. The van der Waals surface area contributed by atoms with Gasteiger partial charge in [0, 0.05) is 42.8 Å². The number of benzene rings is 1. The fraction of sp³-hybridized carbons (Fsp3) is 0.350. The van der Waals surface area contributed by atoms with E-state index in [1.54, 1.807) is 6.20 Å². The van der Waals surface area contributed by atoms with Crippen LogP contribution in [0.5, 0.6) is 0 Å². The number of rotatable bonds is 4. The highest BCUT2D eigenvalue weighted by Gasteiger charge is 2.28. The van der Waals surface area contributed by atoms with E-state index < -0.39 is 6.10 Å². The largest absolute Gasteiger partial charge is 0.390 e. The summed E-state index contributed by atoms with van der Waals surface area (Å²) in [5, 5.41) is 24.8. The topological polar surface area (TPSA) is 74.2 Å². The number of likely N-dealkylation sites (tertiary alicyclic amines) is 1. The van der Waals surface area contributed by atoms with E-state index in [2.05, 4.69) is 37.5 Å². The standard InChI is InChI=1S/C20H23N5O/c1-14-16-6-2-3-7-17(16)20(24-23-14)22-18-8-10-25(13-19(18)26)12-15-5-4-9-21-11-15/h2-7,9,11,18-19,26H,8,10,12-13H2,1H3,(H,22,24)/t18-,19-/m1/s1. The molecule has 0 unspecified atom stereocenters. The van der Waals surface area contributed by atoms with Gasteiger partial charge in [0.1, 0.15) is 0 Å². The van der Waals surface area contributed by atoms with Gasteiger partial charge in [-0.3, -0.25) is 9.88 Å². The fourth-order valence-electron chi connectivity index (χ4n) is 3.58. The summed E-state index contributed by atoms with van der Waals surface area (Å²) in [5.74, 6) is 0.746. The van der Waals surface area contributed by atoms with Gasteiger partial charge < -0.3 is 10.4 Å². The van der Waals surface area contributed by atoms with Crippen LogP contribution in [0.25, 0.3) is 10.8 Å². The Hall–Kier alpha value is -2.57. The Balaban J connectivity index is 1.45. The van der Waals surface area contributed by atoms with Crippen molar-refractivity contribution in [3.05, 3.63) is 60.0 Å². The van der Waals surface area contributed by atoms with Crippen molar-refractivity contribution in [3.8, 4) is 0 Å². The number of anilines is 1. The maximum Gasteiger partial charge on any atom is 0.156 e. The summed E-state index contributed by atoms with van der Waals surface area (Å²) in [6.45, 7) is 4.32. The summed E-state index contributed by atoms with van der Waals surface area (Å²) in [6.07, 6.45) is 4.06. The molecule has 4 rings (SSSR count). The summed E-state index contributed by atoms with van der Waals surface area (Å²) in [7, 11) is 0. The first-order valence-corrected chi connectivity index (χ1v) is 8.98. The van der Waals surface area contributed by atoms with E-state index in [4.69, 9.17) is 0 Å². The number of nitrogens with one attached hydrogen (secondary N) is 1. The van der Waals surface area contributed by atoms with Crippen molar-refractivity contribution in [2.24, 2.45) is 0 Å². The predicted molar refractivity (Wildman–Crippen MR) is 102 cm³/mol. The van der Waals surface area contributed by atoms with E-state index in [-0.39, 0.29) is 6.04 Å². The number of piperidine rings is 1. The minimum absolute atomic E-state index is 0.0273. The number of aliphatic hydroxyl groups is 1. The van der Waals surface area contributed by atoms with Crippen LogP contribution < -0.4 is 5.32 Å². The lowest BCUT2D eigenvalue weighted by Gasteiger charge is -2.36. The van der Waals surface area contributed by atoms with Crippen molar-refractivity contribution in [3.63, 3.8) is 0 Å². The van der Waals surface area contributed by atoms with Gasteiger partial charge in [-0.2, -0.15) is 5.10 Å². The highest BCUT2D eigenvalue weighted by atomic mass is 16.3.